The van der Waals surface area contributed by atoms with Gasteiger partial charge in [0.25, 0.3) is 0 Å². The standard InChI is InChI=1S/C21H40N2O4/c1-6-7-8-9-10-11-12-13-14-17(24)22-18(15(2)3)20(25)23-19(16(4)5)21(26)27/h15-16,18-19H,6-14H2,1-5H3,(H,22,24)(H,23,25)(H,26,27)/t18-,19-/m0/s1. The lowest BCUT2D eigenvalue weighted by molar-refractivity contribution is -0.143. The van der Waals surface area contributed by atoms with E-state index in [0.717, 1.165) is 19.3 Å². The minimum absolute atomic E-state index is 0.117. The van der Waals surface area contributed by atoms with Crippen molar-refractivity contribution in [3.63, 3.8) is 0 Å². The molecule has 0 heterocycles. The lowest BCUT2D eigenvalue weighted by atomic mass is 10.00. The molecule has 6 heteroatoms. The first kappa shape index (κ1) is 25.4. The summed E-state index contributed by atoms with van der Waals surface area (Å²) in [6.07, 6.45) is 9.67. The van der Waals surface area contributed by atoms with Gasteiger partial charge in [0, 0.05) is 6.42 Å². The molecule has 0 aromatic heterocycles. The Kier molecular flexibility index (Phi) is 13.6. The predicted octanol–water partition coefficient (Wildman–Crippen LogP) is 3.88. The number of hydrogen-bond donors (Lipinski definition) is 3. The average Bonchev–Trinajstić information content (AvgIpc) is 2.58. The normalized spacial score (nSPS) is 13.4. The zero-order valence-corrected chi connectivity index (χ0v) is 17.8. The van der Waals surface area contributed by atoms with Crippen molar-refractivity contribution in [1.82, 2.24) is 10.6 Å². The predicted molar refractivity (Wildman–Crippen MR) is 108 cm³/mol. The Morgan fingerprint density at radius 3 is 1.67 bits per heavy atom. The summed E-state index contributed by atoms with van der Waals surface area (Å²) in [5.74, 6) is -1.99. The van der Waals surface area contributed by atoms with Gasteiger partial charge in [0.1, 0.15) is 12.1 Å². The van der Waals surface area contributed by atoms with Gasteiger partial charge in [-0.3, -0.25) is 9.59 Å². The number of carbonyl (C=O) groups is 3. The van der Waals surface area contributed by atoms with Gasteiger partial charge in [-0.15, -0.1) is 0 Å². The van der Waals surface area contributed by atoms with Crippen LogP contribution >= 0.6 is 0 Å². The molecule has 0 aromatic rings. The van der Waals surface area contributed by atoms with Crippen molar-refractivity contribution >= 4 is 17.8 Å². The topological polar surface area (TPSA) is 95.5 Å². The molecule has 0 aliphatic carbocycles. The Hall–Kier alpha value is -1.59. The van der Waals surface area contributed by atoms with Crippen molar-refractivity contribution in [3.8, 4) is 0 Å². The largest absolute Gasteiger partial charge is 0.480 e. The van der Waals surface area contributed by atoms with Crippen molar-refractivity contribution < 1.29 is 19.5 Å². The minimum Gasteiger partial charge on any atom is -0.480 e. The second kappa shape index (κ2) is 14.5. The van der Waals surface area contributed by atoms with Gasteiger partial charge in [-0.2, -0.15) is 0 Å². The van der Waals surface area contributed by atoms with E-state index in [1.54, 1.807) is 13.8 Å². The lowest BCUT2D eigenvalue weighted by Gasteiger charge is -2.25. The van der Waals surface area contributed by atoms with E-state index in [2.05, 4.69) is 17.6 Å². The maximum absolute atomic E-state index is 12.5. The van der Waals surface area contributed by atoms with Crippen molar-refractivity contribution in [1.29, 1.82) is 0 Å². The van der Waals surface area contributed by atoms with Gasteiger partial charge in [0.2, 0.25) is 11.8 Å². The molecule has 2 amide bonds. The molecular formula is C21H40N2O4. The zero-order chi connectivity index (χ0) is 20.8. The number of unbranched alkanes of at least 4 members (excludes halogenated alkanes) is 7. The van der Waals surface area contributed by atoms with Crippen molar-refractivity contribution in [2.75, 3.05) is 0 Å². The van der Waals surface area contributed by atoms with Crippen LogP contribution in [0.4, 0.5) is 0 Å². The van der Waals surface area contributed by atoms with E-state index in [4.69, 9.17) is 0 Å². The quantitative estimate of drug-likeness (QED) is 0.373. The van der Waals surface area contributed by atoms with Gasteiger partial charge in [-0.25, -0.2) is 4.79 Å². The second-order valence-corrected chi connectivity index (χ2v) is 8.08. The number of aliphatic carboxylic acids is 1. The minimum atomic E-state index is -1.06. The molecule has 0 radical (unpaired) electrons. The van der Waals surface area contributed by atoms with Gasteiger partial charge in [0.15, 0.2) is 0 Å². The van der Waals surface area contributed by atoms with Crippen LogP contribution in [0.5, 0.6) is 0 Å². The Morgan fingerprint density at radius 1 is 0.741 bits per heavy atom. The van der Waals surface area contributed by atoms with E-state index in [1.807, 2.05) is 13.8 Å². The smallest absolute Gasteiger partial charge is 0.326 e. The van der Waals surface area contributed by atoms with Crippen LogP contribution in [0.15, 0.2) is 0 Å². The molecule has 0 aliphatic rings. The SMILES string of the molecule is CCCCCCCCCCC(=O)N[C@H](C(=O)N[C@H](C(=O)O)C(C)C)C(C)C. The number of rotatable bonds is 15. The van der Waals surface area contributed by atoms with Gasteiger partial charge < -0.3 is 15.7 Å². The molecule has 27 heavy (non-hydrogen) atoms. The highest BCUT2D eigenvalue weighted by atomic mass is 16.4. The summed E-state index contributed by atoms with van der Waals surface area (Å²) in [5.41, 5.74) is 0. The maximum atomic E-state index is 12.5. The Balaban J connectivity index is 4.30. The highest BCUT2D eigenvalue weighted by molar-refractivity contribution is 5.90. The van der Waals surface area contributed by atoms with Crippen LogP contribution in [0, 0.1) is 11.8 Å². The van der Waals surface area contributed by atoms with Crippen LogP contribution in [-0.2, 0) is 14.4 Å². The molecule has 0 aliphatic heterocycles. The van der Waals surface area contributed by atoms with Crippen LogP contribution in [-0.4, -0.2) is 35.0 Å². The lowest BCUT2D eigenvalue weighted by Crippen LogP contribution is -2.54. The molecule has 0 bridgehead atoms. The highest BCUT2D eigenvalue weighted by Crippen LogP contribution is 2.11. The molecule has 158 valence electrons. The molecule has 0 rings (SSSR count). The molecule has 0 fully saturated rings. The van der Waals surface area contributed by atoms with Crippen LogP contribution in [0.1, 0.15) is 92.4 Å². The zero-order valence-electron chi connectivity index (χ0n) is 17.8. The average molecular weight is 385 g/mol. The van der Waals surface area contributed by atoms with Gasteiger partial charge in [-0.05, 0) is 18.3 Å². The van der Waals surface area contributed by atoms with E-state index >= 15 is 0 Å². The molecule has 6 nitrogen and oxygen atoms in total. The Bertz CT molecular complexity index is 449. The molecule has 0 saturated carbocycles. The summed E-state index contributed by atoms with van der Waals surface area (Å²) in [6.45, 7) is 9.36. The summed E-state index contributed by atoms with van der Waals surface area (Å²) in [6, 6.07) is -1.67. The summed E-state index contributed by atoms with van der Waals surface area (Å²) >= 11 is 0. The van der Waals surface area contributed by atoms with Crippen molar-refractivity contribution in [3.05, 3.63) is 0 Å². The summed E-state index contributed by atoms with van der Waals surface area (Å²) in [5, 5.41) is 14.6. The molecule has 0 unspecified atom stereocenters. The third-order valence-corrected chi connectivity index (χ3v) is 4.75. The first-order chi connectivity index (χ1) is 12.7. The summed E-state index contributed by atoms with van der Waals surface area (Å²) in [4.78, 5) is 35.9. The van der Waals surface area contributed by atoms with E-state index in [0.29, 0.717) is 6.42 Å². The Labute approximate surface area is 164 Å². The van der Waals surface area contributed by atoms with E-state index < -0.39 is 24.0 Å². The van der Waals surface area contributed by atoms with E-state index in [9.17, 15) is 19.5 Å². The summed E-state index contributed by atoms with van der Waals surface area (Å²) in [7, 11) is 0. The molecule has 0 saturated heterocycles. The maximum Gasteiger partial charge on any atom is 0.326 e. The van der Waals surface area contributed by atoms with Gasteiger partial charge >= 0.3 is 5.97 Å². The molecular weight excluding hydrogens is 344 g/mol. The molecule has 0 aromatic carbocycles. The fraction of sp³-hybridized carbons (Fsp3) is 0.857. The van der Waals surface area contributed by atoms with Gasteiger partial charge in [0.05, 0.1) is 0 Å². The van der Waals surface area contributed by atoms with Crippen molar-refractivity contribution in [2.24, 2.45) is 11.8 Å². The van der Waals surface area contributed by atoms with Gasteiger partial charge in [-0.1, -0.05) is 79.6 Å². The van der Waals surface area contributed by atoms with Crippen LogP contribution in [0.25, 0.3) is 0 Å². The number of carboxylic acid groups (broad SMARTS) is 1. The third-order valence-electron chi connectivity index (χ3n) is 4.75. The van der Waals surface area contributed by atoms with Crippen molar-refractivity contribution in [2.45, 2.75) is 104 Å². The number of hydrogen-bond acceptors (Lipinski definition) is 3. The highest BCUT2D eigenvalue weighted by Gasteiger charge is 2.29. The molecule has 3 N–H and O–H groups in total. The number of nitrogens with one attached hydrogen (secondary N) is 2. The number of carbonyl (C=O) groups excluding carboxylic acids is 2. The Morgan fingerprint density at radius 2 is 1.22 bits per heavy atom. The molecule has 0 spiro atoms. The number of carboxylic acids is 1. The fourth-order valence-electron chi connectivity index (χ4n) is 2.96. The monoisotopic (exact) mass is 384 g/mol. The van der Waals surface area contributed by atoms with Crippen LogP contribution in [0.3, 0.4) is 0 Å². The van der Waals surface area contributed by atoms with Crippen LogP contribution in [0.2, 0.25) is 0 Å². The first-order valence-corrected chi connectivity index (χ1v) is 10.5. The summed E-state index contributed by atoms with van der Waals surface area (Å²) < 4.78 is 0. The van der Waals surface area contributed by atoms with E-state index in [1.165, 1.54) is 32.1 Å². The molecule has 2 atom stereocenters. The first-order valence-electron chi connectivity index (χ1n) is 10.5. The van der Waals surface area contributed by atoms with E-state index in [-0.39, 0.29) is 17.7 Å². The van der Waals surface area contributed by atoms with Crippen LogP contribution < -0.4 is 10.6 Å². The fourth-order valence-corrected chi connectivity index (χ4v) is 2.96. The number of amides is 2. The second-order valence-electron chi connectivity index (χ2n) is 8.08. The third kappa shape index (κ3) is 11.7.